The van der Waals surface area contributed by atoms with E-state index in [1.807, 2.05) is 66.5 Å². The molecule has 5 aliphatic heterocycles. The number of H-pyrrole nitrogens is 2. The van der Waals surface area contributed by atoms with Gasteiger partial charge in [0.25, 0.3) is 11.8 Å². The molecule has 710 valence electrons. The molecule has 0 aliphatic carbocycles. The summed E-state index contributed by atoms with van der Waals surface area (Å²) in [5.41, 5.74) is 0.494. The summed E-state index contributed by atoms with van der Waals surface area (Å²) in [7, 11) is 1.59. The van der Waals surface area contributed by atoms with Crippen LogP contribution in [0.1, 0.15) is 143 Å². The maximum atomic E-state index is 12.9. The van der Waals surface area contributed by atoms with Crippen molar-refractivity contribution in [2.24, 2.45) is 0 Å². The average Bonchev–Trinajstić information content (AvgIpc) is 1.67. The fourth-order valence-corrected chi connectivity index (χ4v) is 13.4. The number of aliphatic hydroxyl groups is 2. The third-order valence-corrected chi connectivity index (χ3v) is 20.7. The molecule has 6 aromatic carbocycles. The number of nitrogens with one attached hydrogen (secondary N) is 3. The molecule has 9 aromatic rings. The smallest absolute Gasteiger partial charge is 0.490 e. The van der Waals surface area contributed by atoms with Crippen LogP contribution in [-0.2, 0) is 51.7 Å². The van der Waals surface area contributed by atoms with Gasteiger partial charge in [0.15, 0.2) is 0 Å². The van der Waals surface area contributed by atoms with E-state index in [4.69, 9.17) is 48.5 Å². The Morgan fingerprint density at radius 1 is 0.423 bits per heavy atom. The monoisotopic (exact) mass is 1980 g/mol. The van der Waals surface area contributed by atoms with Crippen LogP contribution in [-0.4, -0.2) is 213 Å². The number of hydrogen-bond donors (Lipinski definition) is 7. The van der Waals surface area contributed by atoms with E-state index >= 15 is 0 Å². The molecule has 14 rings (SSSR count). The van der Waals surface area contributed by atoms with Gasteiger partial charge in [0, 0.05) is 117 Å². The minimum atomic E-state index is -5.08. The molecule has 0 bridgehead atoms. The number of carbonyl (C=O) groups is 4. The third-order valence-electron chi connectivity index (χ3n) is 20.0. The summed E-state index contributed by atoms with van der Waals surface area (Å²) >= 11 is 1.96. The van der Waals surface area contributed by atoms with E-state index < -0.39 is 88.8 Å². The summed E-state index contributed by atoms with van der Waals surface area (Å²) in [6.07, 6.45) is -20.7. The molecule has 130 heavy (non-hydrogen) atoms. The van der Waals surface area contributed by atoms with Crippen molar-refractivity contribution in [1.82, 2.24) is 51.1 Å². The van der Waals surface area contributed by atoms with Gasteiger partial charge in [-0.15, -0.1) is 5.10 Å². The number of aliphatic carboxylic acids is 1. The molecule has 0 spiro atoms. The maximum absolute atomic E-state index is 12.9. The van der Waals surface area contributed by atoms with Crippen LogP contribution >= 0.6 is 22.6 Å². The number of piperidine rings is 5. The highest BCUT2D eigenvalue weighted by atomic mass is 127. The summed E-state index contributed by atoms with van der Waals surface area (Å²) in [5.74, 6) is -4.16. The third kappa shape index (κ3) is 32.8. The van der Waals surface area contributed by atoms with E-state index in [9.17, 15) is 98.5 Å². The van der Waals surface area contributed by atoms with Gasteiger partial charge in [0.1, 0.15) is 24.1 Å². The van der Waals surface area contributed by atoms with Crippen molar-refractivity contribution in [1.29, 1.82) is 0 Å². The van der Waals surface area contributed by atoms with Crippen LogP contribution in [0.2, 0.25) is 0 Å². The van der Waals surface area contributed by atoms with Gasteiger partial charge < -0.3 is 73.8 Å². The number of aromatic nitrogens is 9. The molecular formula is C83H91F18IN14O14. The predicted molar refractivity (Wildman–Crippen MR) is 441 cm³/mol. The molecule has 3 aromatic heterocycles. The van der Waals surface area contributed by atoms with E-state index in [1.54, 1.807) is 21.0 Å². The molecule has 5 aliphatic rings. The van der Waals surface area contributed by atoms with Crippen molar-refractivity contribution in [3.63, 3.8) is 0 Å². The minimum absolute atomic E-state index is 0.00975. The van der Waals surface area contributed by atoms with Crippen LogP contribution in [0, 0.1) is 3.57 Å². The number of rotatable bonds is 18. The van der Waals surface area contributed by atoms with Crippen molar-refractivity contribution in [3.8, 4) is 23.4 Å². The molecule has 8 heterocycles. The fourth-order valence-electron chi connectivity index (χ4n) is 13.0. The van der Waals surface area contributed by atoms with Gasteiger partial charge in [-0.25, -0.2) is 34.1 Å². The number of carbonyl (C=O) groups excluding carboxylic acids is 2. The first-order chi connectivity index (χ1) is 61.3. The summed E-state index contributed by atoms with van der Waals surface area (Å²) in [6.45, 7) is 11.1. The number of hydrogen-bond acceptors (Lipinski definition) is 23. The second-order valence-electron chi connectivity index (χ2n) is 29.1. The van der Waals surface area contributed by atoms with Gasteiger partial charge in [0.2, 0.25) is 23.0 Å². The Kier molecular flexibility index (Phi) is 38.1. The molecule has 5 saturated heterocycles. The Bertz CT molecular complexity index is 4940. The van der Waals surface area contributed by atoms with Crippen molar-refractivity contribution < 1.29 is 147 Å². The summed E-state index contributed by atoms with van der Waals surface area (Å²) in [4.78, 5) is 52.1. The molecule has 28 nitrogen and oxygen atoms in total. The Balaban J connectivity index is 0.000000200. The van der Waals surface area contributed by atoms with Crippen molar-refractivity contribution in [2.45, 2.75) is 152 Å². The number of carboxylic acids is 2. The van der Waals surface area contributed by atoms with E-state index in [2.05, 4.69) is 46.5 Å². The lowest BCUT2D eigenvalue weighted by atomic mass is 10.1. The number of nitrogens with zero attached hydrogens (tertiary/aromatic N) is 11. The summed E-state index contributed by atoms with van der Waals surface area (Å²) in [5, 5.41) is 64.7. The zero-order valence-electron chi connectivity index (χ0n) is 69.5. The minimum Gasteiger partial charge on any atom is -0.497 e. The summed E-state index contributed by atoms with van der Waals surface area (Å²) in [6, 6.07) is 32.9. The number of esters is 2. The Hall–Kier alpha value is -11.6. The number of benzene rings is 6. The standard InChI is InChI=1S/C25H27F3N4O4.C17H19F3N4O3.C15H15F3N4O3.C12H14F3NO.C7H4F3I.C5H11NO.C2HF3O2/c1-3-35-24(33)22-23(32(30-29-22)16-17-4-10-20(34-2)11-5-17)36-21-12-14-31(15-13-21)19-8-6-18(7-9-19)25(26,27)28;1-2-26-16(25)14-15(22-23-21-14)27-13-7-9-24(10-8-13)12-5-3-11(4-6-12)17(18,19)20;16-15(17,18)9-1-3-10(4-2-9)22-7-5-11(6-8-22)25-13-12(14(23)24)19-21-20-13;13-12(14,15)9-1-3-10(4-2-9)16-7-5-11(17)6-8-16;8-7(9,10)5-1-3-6(11)4-2-5;7-5-1-3-6-4-2-5;3-2(4,5)1(6)7/h4-11,21H,3,12-16H2,1-2H3;3-6,13H,2,7-10H2,1H3,(H,21,22,23);1-4,11H,5-8H2,(H,23,24)(H,19,20,21);1-4,11,17H,5-8H2;1-4H;5-7H,1-4H2;(H,6,7). The van der Waals surface area contributed by atoms with Gasteiger partial charge in [-0.3, -0.25) is 0 Å². The summed E-state index contributed by atoms with van der Waals surface area (Å²) < 4.78 is 254. The van der Waals surface area contributed by atoms with Crippen LogP contribution in [0.15, 0.2) is 146 Å². The van der Waals surface area contributed by atoms with Gasteiger partial charge in [-0.2, -0.15) is 79.0 Å². The highest BCUT2D eigenvalue weighted by Crippen LogP contribution is 2.38. The number of methoxy groups -OCH3 is 1. The topological polar surface area (TPSA) is 343 Å². The van der Waals surface area contributed by atoms with E-state index in [-0.39, 0.29) is 78.5 Å². The number of carboxylic acid groups (broad SMARTS) is 2. The van der Waals surface area contributed by atoms with Gasteiger partial charge >= 0.3 is 60.9 Å². The fraction of sp³-hybridized carbons (Fsp3) is 0.446. The molecule has 0 saturated carbocycles. The number of anilines is 4. The van der Waals surface area contributed by atoms with Crippen LogP contribution < -0.4 is 43.9 Å². The van der Waals surface area contributed by atoms with Gasteiger partial charge in [-0.1, -0.05) is 38.0 Å². The van der Waals surface area contributed by atoms with E-state index in [1.165, 1.54) is 65.3 Å². The zero-order valence-corrected chi connectivity index (χ0v) is 71.6. The predicted octanol–water partition coefficient (Wildman–Crippen LogP) is 16.5. The Morgan fingerprint density at radius 2 is 0.738 bits per heavy atom. The van der Waals surface area contributed by atoms with Crippen LogP contribution in [0.25, 0.3) is 0 Å². The first kappa shape index (κ1) is 104. The van der Waals surface area contributed by atoms with Gasteiger partial charge in [-0.05, 0) is 214 Å². The van der Waals surface area contributed by atoms with E-state index in [0.29, 0.717) is 116 Å². The molecule has 7 N–H and O–H groups in total. The van der Waals surface area contributed by atoms with E-state index in [0.717, 1.165) is 119 Å². The normalized spacial score (nSPS) is 15.7. The molecule has 0 radical (unpaired) electrons. The quantitative estimate of drug-likeness (QED) is 0.0238. The number of aliphatic hydroxyl groups excluding tert-OH is 2. The number of alkyl halides is 18. The van der Waals surface area contributed by atoms with Crippen molar-refractivity contribution in [2.75, 3.05) is 105 Å². The second kappa shape index (κ2) is 47.8. The lowest BCUT2D eigenvalue weighted by molar-refractivity contribution is -0.192. The average molecular weight is 1980 g/mol. The highest BCUT2D eigenvalue weighted by Gasteiger charge is 2.40. The number of ether oxygens (including phenoxy) is 6. The first-order valence-electron chi connectivity index (χ1n) is 40.2. The molecule has 5 fully saturated rings. The van der Waals surface area contributed by atoms with Crippen LogP contribution in [0.3, 0.4) is 0 Å². The Labute approximate surface area is 744 Å². The van der Waals surface area contributed by atoms with Crippen LogP contribution in [0.5, 0.6) is 23.4 Å². The molecular weight excluding hydrogens is 1890 g/mol. The molecule has 0 unspecified atom stereocenters. The first-order valence-corrected chi connectivity index (χ1v) is 41.2. The SMILES string of the molecule is CCOC(=O)c1[nH]nnc1OC1CCN(c2ccc(C(F)(F)F)cc2)CC1.CCOC(=O)c1nnn(Cc2ccc(OC)cc2)c1OC1CCN(c2ccc(C(F)(F)F)cc2)CC1.FC(F)(F)c1ccc(I)cc1.O=C(O)C(F)(F)F.O=C(O)c1[nH]nnc1OC1CCN(c2ccc(C(F)(F)F)cc2)CC1.OC1CCN(c2ccc(C(F)(F)F)cc2)CC1.OC1CCNCC1. The zero-order chi connectivity index (χ0) is 95.3. The Morgan fingerprint density at radius 3 is 1.05 bits per heavy atom. The van der Waals surface area contributed by atoms with Gasteiger partial charge in [0.05, 0.1) is 66.9 Å². The number of halogens is 19. The molecule has 47 heteroatoms. The second-order valence-corrected chi connectivity index (χ2v) is 30.3. The van der Waals surface area contributed by atoms with Crippen LogP contribution in [0.4, 0.5) is 102 Å². The molecule has 0 amide bonds. The highest BCUT2D eigenvalue weighted by molar-refractivity contribution is 14.1. The maximum Gasteiger partial charge on any atom is 0.490 e. The lowest BCUT2D eigenvalue weighted by Crippen LogP contribution is -2.38. The number of aromatic carboxylic acids is 1. The van der Waals surface area contributed by atoms with Crippen molar-refractivity contribution in [3.05, 3.63) is 200 Å². The molecule has 0 atom stereocenters. The largest absolute Gasteiger partial charge is 0.497 e. The number of aromatic amines is 2. The lowest BCUT2D eigenvalue weighted by Gasteiger charge is -2.33. The van der Waals surface area contributed by atoms with Crippen molar-refractivity contribution >= 4 is 69.2 Å².